The van der Waals surface area contributed by atoms with Crippen molar-refractivity contribution >= 4 is 202 Å². The van der Waals surface area contributed by atoms with Crippen molar-refractivity contribution in [1.82, 2.24) is 96.9 Å². The molecule has 0 saturated carbocycles. The zero-order valence-corrected chi connectivity index (χ0v) is 58.1. The monoisotopic (exact) mass is 1450 g/mol. The number of rotatable bonds is 0. The molecule has 30 heteroatoms. The van der Waals surface area contributed by atoms with Crippen LogP contribution in [0.15, 0.2) is 177 Å². The van der Waals surface area contributed by atoms with E-state index >= 15 is 0 Å². The highest BCUT2D eigenvalue weighted by Crippen LogP contribution is 2.43. The zero-order chi connectivity index (χ0) is 75.0. The molecule has 0 unspecified atom stereocenters. The van der Waals surface area contributed by atoms with Gasteiger partial charge < -0.3 is 27.8 Å². The topological polar surface area (TPSA) is 353 Å². The number of hydrogen-bond donors (Lipinski definition) is 6. The number of amides is 10. The van der Waals surface area contributed by atoms with Gasteiger partial charge in [-0.15, -0.1) is 0 Å². The number of imidazole rings is 5. The van der Waals surface area contributed by atoms with Crippen LogP contribution < -0.4 is 26.6 Å². The largest absolute Gasteiger partial charge is 0.343 e. The Bertz CT molecular complexity index is 6820. The number of nitrogens with zero attached hydrogens (tertiary/aromatic N) is 14. The van der Waals surface area contributed by atoms with Crippen LogP contribution in [-0.2, 0) is 35.2 Å². The zero-order valence-electron chi connectivity index (χ0n) is 58.1. The van der Waals surface area contributed by atoms with E-state index in [0.29, 0.717) is 78.2 Å². The molecule has 19 heterocycles. The first-order valence-electron chi connectivity index (χ1n) is 34.5. The van der Waals surface area contributed by atoms with E-state index in [0.717, 1.165) is 120 Å². The van der Waals surface area contributed by atoms with Crippen LogP contribution in [0.2, 0.25) is 0 Å². The molecule has 110 heavy (non-hydrogen) atoms. The summed E-state index contributed by atoms with van der Waals surface area (Å²) in [5, 5.41) is 20.7. The predicted molar refractivity (Wildman–Crippen MR) is 406 cm³/mol. The van der Waals surface area contributed by atoms with Crippen molar-refractivity contribution in [1.29, 1.82) is 0 Å². The maximum Gasteiger partial charge on any atom is 0.276 e. The molecule has 25 rings (SSSR count). The summed E-state index contributed by atoms with van der Waals surface area (Å²) in [4.78, 5) is 147. The SMILES string of the molecule is Cn1c2ccccc2c2c3c(c4cncn4c21)C(=O)NC3=O.Cn1c2ccccc2c2c3c(c4nc[nH]c4c21)C(=O)NC3=O.Cn1c2ccccc2c2c3c(c4nccn4c21)C(=O)NC3=O.Cn1c2ccccc2c2c3c(n4ccnc4c21)C(=O)NC3=O.Cn1c2ccccc2c2c3c(n4cncc4c21)C(=O)NC3=O. The van der Waals surface area contributed by atoms with Crippen LogP contribution in [0.25, 0.3) is 143 Å². The number of fused-ring (bicyclic) bond motifs is 40. The number of benzene rings is 6. The summed E-state index contributed by atoms with van der Waals surface area (Å²) >= 11 is 0. The number of aryl methyl sites for hydroxylation is 5. The minimum absolute atomic E-state index is 0.343. The molecule has 6 aromatic carbocycles. The molecular weight excluding hydrogens is 1400 g/mol. The van der Waals surface area contributed by atoms with Crippen LogP contribution in [-0.4, -0.2) is 129 Å². The summed E-state index contributed by atoms with van der Waals surface area (Å²) in [5.41, 5.74) is 17.4. The summed E-state index contributed by atoms with van der Waals surface area (Å²) in [6.45, 7) is 0. The first-order chi connectivity index (χ1) is 53.4. The Kier molecular flexibility index (Phi) is 12.6. The van der Waals surface area contributed by atoms with Gasteiger partial charge in [0.15, 0.2) is 11.3 Å². The van der Waals surface area contributed by atoms with Crippen molar-refractivity contribution < 1.29 is 47.9 Å². The van der Waals surface area contributed by atoms with Crippen molar-refractivity contribution in [2.24, 2.45) is 35.2 Å². The average Bonchev–Trinajstić information content (AvgIpc) is 1.58. The van der Waals surface area contributed by atoms with E-state index in [-0.39, 0.29) is 59.1 Å². The first-order valence-corrected chi connectivity index (χ1v) is 34.5. The van der Waals surface area contributed by atoms with E-state index in [1.807, 2.05) is 194 Å². The molecule has 0 radical (unpaired) electrons. The number of aromatic amines is 1. The Morgan fingerprint density at radius 3 is 1.23 bits per heavy atom. The second kappa shape index (κ2) is 22.2. The highest BCUT2D eigenvalue weighted by molar-refractivity contribution is 6.38. The van der Waals surface area contributed by atoms with Crippen LogP contribution in [0.1, 0.15) is 104 Å². The number of hydrogen-bond acceptors (Lipinski definition) is 15. The lowest BCUT2D eigenvalue weighted by Crippen LogP contribution is -2.20. The predicted octanol–water partition coefficient (Wildman–Crippen LogP) is 9.54. The average molecular weight is 1450 g/mol. The summed E-state index contributed by atoms with van der Waals surface area (Å²) in [6, 6.07) is 39.3. The Morgan fingerprint density at radius 1 is 0.300 bits per heavy atom. The molecule has 0 spiro atoms. The molecule has 10 amide bonds. The third kappa shape index (κ3) is 8.03. The number of imide groups is 5. The van der Waals surface area contributed by atoms with E-state index in [4.69, 9.17) is 0 Å². The molecule has 0 saturated heterocycles. The number of para-hydroxylation sites is 5. The van der Waals surface area contributed by atoms with Crippen LogP contribution >= 0.6 is 0 Å². The van der Waals surface area contributed by atoms with Gasteiger partial charge in [0.05, 0.1) is 114 Å². The van der Waals surface area contributed by atoms with E-state index in [9.17, 15) is 47.9 Å². The summed E-state index contributed by atoms with van der Waals surface area (Å²) in [6.07, 6.45) is 14.9. The van der Waals surface area contributed by atoms with Crippen molar-refractivity contribution in [3.05, 3.63) is 233 Å². The maximum atomic E-state index is 12.3. The molecule has 5 aliphatic rings. The number of nitrogens with one attached hydrogen (secondary N) is 6. The highest BCUT2D eigenvalue weighted by Gasteiger charge is 2.40. The standard InChI is InChI=1S/5C16H10N4O2/c1-19-9-5-3-2-4-8(9)11-12-14(16(22)18-15(12)21)20-7-17-6-10(20)13(11)19;1-19-9-5-3-2-4-8(9)11-13-12(14(21)18-15(13)22)10-6-17-7-20(10)16(11)19;1-19-9-5-3-2-4-8(9)10-11-12(15(22)18-14(11)21)13-17-6-7-20(13)16(10)19;1-19-9-5-3-2-4-8(9)10-11-13(16(22)18-15(11)21)20-7-6-17-14(20)12(10)19;1-20-8-5-3-2-4-7(8)9-10-11(16(22)19-15(10)21)12-13(14(9)20)18-6-17-12/h4*2-7H,1H3,(H,18,21,22);2-6H,1H3,(H,17,18)(H,19,21,22). The normalized spacial score (nSPS) is 14.2. The molecule has 14 aromatic heterocycles. The lowest BCUT2D eigenvalue weighted by Gasteiger charge is -2.05. The van der Waals surface area contributed by atoms with Crippen molar-refractivity contribution in [3.8, 4) is 0 Å². The summed E-state index contributed by atoms with van der Waals surface area (Å²) in [5.74, 6) is -3.63. The number of pyridine rings is 4. The number of carbonyl (C=O) groups excluding carboxylic acids is 10. The summed E-state index contributed by atoms with van der Waals surface area (Å²) < 4.78 is 17.3. The molecule has 0 atom stereocenters. The fourth-order valence-electron chi connectivity index (χ4n) is 17.5. The highest BCUT2D eigenvalue weighted by atomic mass is 16.2. The molecule has 6 N–H and O–H groups in total. The van der Waals surface area contributed by atoms with E-state index < -0.39 is 0 Å². The van der Waals surface area contributed by atoms with Gasteiger partial charge in [-0.25, -0.2) is 24.9 Å². The van der Waals surface area contributed by atoms with Gasteiger partial charge in [-0.1, -0.05) is 91.0 Å². The van der Waals surface area contributed by atoms with E-state index in [1.165, 1.54) is 0 Å². The molecule has 0 bridgehead atoms. The van der Waals surface area contributed by atoms with Crippen LogP contribution in [0.5, 0.6) is 0 Å². The Labute approximate surface area is 612 Å². The van der Waals surface area contributed by atoms with Gasteiger partial charge in [-0.05, 0) is 30.3 Å². The van der Waals surface area contributed by atoms with Crippen molar-refractivity contribution in [2.75, 3.05) is 0 Å². The molecule has 30 nitrogen and oxygen atoms in total. The molecule has 20 aromatic rings. The van der Waals surface area contributed by atoms with Gasteiger partial charge >= 0.3 is 0 Å². The smallest absolute Gasteiger partial charge is 0.276 e. The lowest BCUT2D eigenvalue weighted by molar-refractivity contribution is 0.0861. The molecule has 530 valence electrons. The second-order valence-corrected chi connectivity index (χ2v) is 27.2. The Balaban J connectivity index is 0.0000000873. The van der Waals surface area contributed by atoms with Crippen LogP contribution in [0.4, 0.5) is 0 Å². The number of H-pyrrole nitrogens is 1. The van der Waals surface area contributed by atoms with E-state index in [1.54, 1.807) is 58.8 Å². The second-order valence-electron chi connectivity index (χ2n) is 27.2. The Morgan fingerprint density at radius 2 is 0.673 bits per heavy atom. The molecular formula is C80H50N20O10. The van der Waals surface area contributed by atoms with Crippen molar-refractivity contribution in [3.63, 3.8) is 0 Å². The molecule has 5 aliphatic heterocycles. The third-order valence-electron chi connectivity index (χ3n) is 21.9. The van der Waals surface area contributed by atoms with Crippen molar-refractivity contribution in [2.45, 2.75) is 0 Å². The summed E-state index contributed by atoms with van der Waals surface area (Å²) in [7, 11) is 9.75. The van der Waals surface area contributed by atoms with Gasteiger partial charge in [0.2, 0.25) is 0 Å². The van der Waals surface area contributed by atoms with Gasteiger partial charge in [0.1, 0.15) is 34.5 Å². The molecule has 0 fully saturated rings. The minimum atomic E-state index is -0.383. The fraction of sp³-hybridized carbons (Fsp3) is 0.0625. The van der Waals surface area contributed by atoms with Crippen LogP contribution in [0.3, 0.4) is 0 Å². The van der Waals surface area contributed by atoms with Gasteiger partial charge in [0.25, 0.3) is 59.1 Å². The van der Waals surface area contributed by atoms with Crippen LogP contribution in [0, 0.1) is 0 Å². The van der Waals surface area contributed by atoms with Gasteiger partial charge in [-0.3, -0.25) is 92.1 Å². The van der Waals surface area contributed by atoms with Gasteiger partial charge in [0, 0.05) is 130 Å². The van der Waals surface area contributed by atoms with E-state index in [2.05, 4.69) is 56.5 Å². The maximum absolute atomic E-state index is 12.3. The third-order valence-corrected chi connectivity index (χ3v) is 21.9. The number of aromatic nitrogens is 15. The molecule has 0 aliphatic carbocycles. The minimum Gasteiger partial charge on any atom is -0.343 e. The lowest BCUT2D eigenvalue weighted by atomic mass is 10.0. The quantitative estimate of drug-likeness (QED) is 0.0770. The fourth-order valence-corrected chi connectivity index (χ4v) is 17.5. The Hall–Kier alpha value is -15.8. The van der Waals surface area contributed by atoms with Gasteiger partial charge in [-0.2, -0.15) is 0 Å². The number of carbonyl (C=O) groups is 10. The first kappa shape index (κ1) is 62.8.